The zero-order chi connectivity index (χ0) is 24.9. The maximum absolute atomic E-state index is 13.8. The highest BCUT2D eigenvalue weighted by molar-refractivity contribution is 6.12. The van der Waals surface area contributed by atoms with E-state index in [1.165, 1.54) is 0 Å². The molecule has 1 amide bonds. The number of para-hydroxylation sites is 1. The molecular weight excluding hydrogens is 450 g/mol. The molecule has 180 valence electrons. The molecule has 0 bridgehead atoms. The molecular formula is C29H27N5O2. The number of nitrogens with one attached hydrogen (secondary N) is 1. The Morgan fingerprint density at radius 3 is 2.44 bits per heavy atom. The second-order valence-corrected chi connectivity index (χ2v) is 8.44. The molecule has 5 rings (SSSR count). The minimum Gasteiger partial charge on any atom is -0.492 e. The number of carbonyl (C=O) groups excluding carboxylic acids is 1. The third-order valence-electron chi connectivity index (χ3n) is 5.92. The predicted octanol–water partition coefficient (Wildman–Crippen LogP) is 5.30. The summed E-state index contributed by atoms with van der Waals surface area (Å²) in [5.41, 5.74) is 5.32. The quantitative estimate of drug-likeness (QED) is 0.307. The van der Waals surface area contributed by atoms with Crippen LogP contribution in [0.25, 0.3) is 33.4 Å². The Morgan fingerprint density at radius 2 is 1.72 bits per heavy atom. The maximum atomic E-state index is 13.8. The molecule has 0 saturated heterocycles. The zero-order valence-corrected chi connectivity index (χ0v) is 20.3. The van der Waals surface area contributed by atoms with Crippen LogP contribution in [0.5, 0.6) is 5.75 Å². The Hall–Kier alpha value is -4.52. The number of amides is 1. The van der Waals surface area contributed by atoms with Crippen molar-refractivity contribution in [1.82, 2.24) is 25.1 Å². The molecule has 0 aliphatic rings. The number of nitrogens with zero attached hydrogens (tertiary/aromatic N) is 4. The van der Waals surface area contributed by atoms with Crippen LogP contribution in [0.1, 0.15) is 22.8 Å². The van der Waals surface area contributed by atoms with E-state index in [0.29, 0.717) is 31.0 Å². The minimum atomic E-state index is -0.222. The monoisotopic (exact) mass is 477 g/mol. The molecule has 0 spiro atoms. The van der Waals surface area contributed by atoms with E-state index < -0.39 is 0 Å². The largest absolute Gasteiger partial charge is 0.492 e. The predicted molar refractivity (Wildman–Crippen MR) is 141 cm³/mol. The summed E-state index contributed by atoms with van der Waals surface area (Å²) in [6.45, 7) is 5.38. The summed E-state index contributed by atoms with van der Waals surface area (Å²) in [6.07, 6.45) is 5.37. The van der Waals surface area contributed by atoms with Crippen LogP contribution < -0.4 is 10.1 Å². The van der Waals surface area contributed by atoms with Gasteiger partial charge in [0.15, 0.2) is 5.65 Å². The smallest absolute Gasteiger partial charge is 0.254 e. The van der Waals surface area contributed by atoms with Crippen LogP contribution >= 0.6 is 0 Å². The van der Waals surface area contributed by atoms with Gasteiger partial charge < -0.3 is 10.1 Å². The van der Waals surface area contributed by atoms with Gasteiger partial charge >= 0.3 is 0 Å². The molecule has 0 unspecified atom stereocenters. The number of aryl methyl sites for hydroxylation is 2. The summed E-state index contributed by atoms with van der Waals surface area (Å²) in [4.78, 5) is 23.2. The molecule has 5 aromatic rings. The van der Waals surface area contributed by atoms with Gasteiger partial charge in [0.05, 0.1) is 24.0 Å². The van der Waals surface area contributed by atoms with Gasteiger partial charge in [-0.1, -0.05) is 48.5 Å². The van der Waals surface area contributed by atoms with Gasteiger partial charge in [-0.2, -0.15) is 5.10 Å². The van der Waals surface area contributed by atoms with Crippen LogP contribution in [0.2, 0.25) is 0 Å². The van der Waals surface area contributed by atoms with E-state index in [4.69, 9.17) is 9.72 Å². The van der Waals surface area contributed by atoms with Gasteiger partial charge in [0.2, 0.25) is 0 Å². The topological polar surface area (TPSA) is 81.9 Å². The Labute approximate surface area is 209 Å². The van der Waals surface area contributed by atoms with Gasteiger partial charge in [-0.05, 0) is 37.6 Å². The highest BCUT2D eigenvalue weighted by Crippen LogP contribution is 2.37. The lowest BCUT2D eigenvalue weighted by Crippen LogP contribution is -2.29. The van der Waals surface area contributed by atoms with Crippen LogP contribution in [0.3, 0.4) is 0 Å². The van der Waals surface area contributed by atoms with E-state index in [9.17, 15) is 4.79 Å². The van der Waals surface area contributed by atoms with E-state index in [1.807, 2.05) is 85.3 Å². The number of carbonyl (C=O) groups is 1. The second kappa shape index (κ2) is 10.4. The van der Waals surface area contributed by atoms with Crippen molar-refractivity contribution in [2.75, 3.05) is 13.2 Å². The summed E-state index contributed by atoms with van der Waals surface area (Å²) in [5.74, 6) is 0.541. The minimum absolute atomic E-state index is 0.222. The molecule has 0 aliphatic heterocycles. The van der Waals surface area contributed by atoms with Gasteiger partial charge in [-0.15, -0.1) is 0 Å². The summed E-state index contributed by atoms with van der Waals surface area (Å²) in [7, 11) is 0. The van der Waals surface area contributed by atoms with Crippen molar-refractivity contribution in [1.29, 1.82) is 0 Å². The first-order valence-corrected chi connectivity index (χ1v) is 12.0. The number of hydrogen-bond donors (Lipinski definition) is 1. The number of hydrogen-bond acceptors (Lipinski definition) is 5. The van der Waals surface area contributed by atoms with Gasteiger partial charge in [-0.3, -0.25) is 9.78 Å². The van der Waals surface area contributed by atoms with Gasteiger partial charge in [0, 0.05) is 41.0 Å². The SMILES string of the molecule is CCn1ncc2c(-c3cncc(C)c3)c(C(=O)NCCOc3ccccc3)c(-c3ccccc3)nc21. The standard InChI is InChI=1S/C29H27N5O2/c1-3-34-28-24(19-32-34)25(22-16-20(2)17-30-18-22)26(27(33-28)21-10-6-4-7-11-21)29(35)31-14-15-36-23-12-8-5-9-13-23/h4-13,16-19H,3,14-15H2,1-2H3,(H,31,35). The molecule has 3 aromatic heterocycles. The lowest BCUT2D eigenvalue weighted by molar-refractivity contribution is 0.0948. The fourth-order valence-electron chi connectivity index (χ4n) is 4.28. The molecule has 0 atom stereocenters. The fourth-order valence-corrected chi connectivity index (χ4v) is 4.28. The molecule has 7 heteroatoms. The highest BCUT2D eigenvalue weighted by Gasteiger charge is 2.25. The number of rotatable bonds is 8. The van der Waals surface area contributed by atoms with Crippen molar-refractivity contribution in [2.24, 2.45) is 0 Å². The first-order valence-electron chi connectivity index (χ1n) is 12.0. The zero-order valence-electron chi connectivity index (χ0n) is 20.3. The first-order chi connectivity index (χ1) is 17.7. The number of pyridine rings is 2. The maximum Gasteiger partial charge on any atom is 0.254 e. The van der Waals surface area contributed by atoms with Crippen LogP contribution in [0.4, 0.5) is 0 Å². The average molecular weight is 478 g/mol. The van der Waals surface area contributed by atoms with E-state index in [0.717, 1.165) is 39.0 Å². The third kappa shape index (κ3) is 4.68. The van der Waals surface area contributed by atoms with E-state index in [2.05, 4.69) is 15.4 Å². The third-order valence-corrected chi connectivity index (χ3v) is 5.92. The number of benzene rings is 2. The fraction of sp³-hybridized carbons (Fsp3) is 0.172. The van der Waals surface area contributed by atoms with Crippen molar-refractivity contribution < 1.29 is 9.53 Å². The molecule has 36 heavy (non-hydrogen) atoms. The Morgan fingerprint density at radius 1 is 0.972 bits per heavy atom. The second-order valence-electron chi connectivity index (χ2n) is 8.44. The summed E-state index contributed by atoms with van der Waals surface area (Å²) in [6, 6.07) is 21.4. The van der Waals surface area contributed by atoms with Crippen LogP contribution in [0.15, 0.2) is 85.3 Å². The summed E-state index contributed by atoms with van der Waals surface area (Å²) in [5, 5.41) is 8.40. The number of fused-ring (bicyclic) bond motifs is 1. The molecule has 0 aliphatic carbocycles. The average Bonchev–Trinajstić information content (AvgIpc) is 3.34. The van der Waals surface area contributed by atoms with E-state index in [1.54, 1.807) is 18.6 Å². The highest BCUT2D eigenvalue weighted by atomic mass is 16.5. The van der Waals surface area contributed by atoms with Gasteiger partial charge in [-0.25, -0.2) is 9.67 Å². The first kappa shape index (κ1) is 23.2. The number of ether oxygens (including phenoxy) is 1. The molecule has 0 saturated carbocycles. The Kier molecular flexibility index (Phi) is 6.71. The van der Waals surface area contributed by atoms with Crippen molar-refractivity contribution >= 4 is 16.9 Å². The molecule has 7 nitrogen and oxygen atoms in total. The summed E-state index contributed by atoms with van der Waals surface area (Å²) < 4.78 is 7.62. The van der Waals surface area contributed by atoms with Crippen LogP contribution in [-0.4, -0.2) is 38.8 Å². The number of aromatic nitrogens is 4. The lowest BCUT2D eigenvalue weighted by atomic mass is 9.93. The van der Waals surface area contributed by atoms with Crippen LogP contribution in [0, 0.1) is 6.92 Å². The van der Waals surface area contributed by atoms with Crippen LogP contribution in [-0.2, 0) is 6.54 Å². The van der Waals surface area contributed by atoms with Crippen molar-refractivity contribution in [3.63, 3.8) is 0 Å². The molecule has 0 radical (unpaired) electrons. The van der Waals surface area contributed by atoms with Crippen molar-refractivity contribution in [3.05, 3.63) is 96.4 Å². The Balaban J connectivity index is 1.61. The van der Waals surface area contributed by atoms with Gasteiger partial charge in [0.1, 0.15) is 12.4 Å². The van der Waals surface area contributed by atoms with E-state index in [-0.39, 0.29) is 5.91 Å². The molecule has 1 N–H and O–H groups in total. The molecule has 2 aromatic carbocycles. The van der Waals surface area contributed by atoms with Gasteiger partial charge in [0.25, 0.3) is 5.91 Å². The Bertz CT molecular complexity index is 1500. The van der Waals surface area contributed by atoms with E-state index >= 15 is 0 Å². The lowest BCUT2D eigenvalue weighted by Gasteiger charge is -2.17. The van der Waals surface area contributed by atoms with Crippen molar-refractivity contribution in [2.45, 2.75) is 20.4 Å². The molecule has 0 fully saturated rings. The molecule has 3 heterocycles. The normalized spacial score (nSPS) is 10.9. The van der Waals surface area contributed by atoms with Crippen molar-refractivity contribution in [3.8, 4) is 28.1 Å². The summed E-state index contributed by atoms with van der Waals surface area (Å²) >= 11 is 0.